The summed E-state index contributed by atoms with van der Waals surface area (Å²) in [6.07, 6.45) is 2.55. The number of hydrogen-bond acceptors (Lipinski definition) is 3. The molecule has 0 radical (unpaired) electrons. The molecule has 0 spiro atoms. The lowest BCUT2D eigenvalue weighted by molar-refractivity contribution is 0.0934. The number of rotatable bonds is 2. The number of aromatic nitrogens is 2. The van der Waals surface area contributed by atoms with Crippen molar-refractivity contribution in [2.24, 2.45) is 0 Å². The maximum Gasteiger partial charge on any atom is 0.251 e. The van der Waals surface area contributed by atoms with E-state index < -0.39 is 0 Å². The molecule has 1 atom stereocenters. The van der Waals surface area contributed by atoms with Crippen LogP contribution in [0.25, 0.3) is 11.0 Å². The number of H-pyrrole nitrogens is 1. The van der Waals surface area contributed by atoms with E-state index in [1.165, 1.54) is 11.3 Å². The molecule has 2 aromatic carbocycles. The standard InChI is InChI=1S/C18H18N4O/c1-22-9-8-14(13-4-2-3-5-17(13)22)21-18(23)12-6-7-15-16(10-12)20-11-19-15/h2-7,10-11,14H,8-9H2,1H3,(H,19,20)(H,21,23). The van der Waals surface area contributed by atoms with Gasteiger partial charge in [-0.2, -0.15) is 0 Å². The molecule has 0 aliphatic carbocycles. The largest absolute Gasteiger partial charge is 0.374 e. The van der Waals surface area contributed by atoms with Crippen LogP contribution in [0.3, 0.4) is 0 Å². The zero-order valence-electron chi connectivity index (χ0n) is 12.9. The van der Waals surface area contributed by atoms with Gasteiger partial charge < -0.3 is 15.2 Å². The van der Waals surface area contributed by atoms with Gasteiger partial charge in [0.15, 0.2) is 0 Å². The number of amides is 1. The fraction of sp³-hybridized carbons (Fsp3) is 0.222. The van der Waals surface area contributed by atoms with Crippen molar-refractivity contribution in [2.45, 2.75) is 12.5 Å². The second-order valence-electron chi connectivity index (χ2n) is 5.93. The van der Waals surface area contributed by atoms with E-state index in [9.17, 15) is 4.79 Å². The highest BCUT2D eigenvalue weighted by Crippen LogP contribution is 2.32. The van der Waals surface area contributed by atoms with E-state index in [4.69, 9.17) is 0 Å². The van der Waals surface area contributed by atoms with Crippen LogP contribution in [-0.4, -0.2) is 29.5 Å². The zero-order chi connectivity index (χ0) is 15.8. The quantitative estimate of drug-likeness (QED) is 0.765. The minimum Gasteiger partial charge on any atom is -0.374 e. The Kier molecular flexibility index (Phi) is 3.26. The first-order valence-corrected chi connectivity index (χ1v) is 7.76. The Hall–Kier alpha value is -2.82. The predicted octanol–water partition coefficient (Wildman–Crippen LogP) is 2.87. The summed E-state index contributed by atoms with van der Waals surface area (Å²) in [6.45, 7) is 0.932. The summed E-state index contributed by atoms with van der Waals surface area (Å²) in [5.74, 6) is -0.0501. The lowest BCUT2D eigenvalue weighted by atomic mass is 9.96. The second kappa shape index (κ2) is 5.43. The van der Waals surface area contributed by atoms with Crippen molar-refractivity contribution in [1.29, 1.82) is 0 Å². The van der Waals surface area contributed by atoms with Crippen LogP contribution >= 0.6 is 0 Å². The van der Waals surface area contributed by atoms with Gasteiger partial charge in [-0.25, -0.2) is 4.98 Å². The number of imidazole rings is 1. The predicted molar refractivity (Wildman–Crippen MR) is 90.6 cm³/mol. The van der Waals surface area contributed by atoms with Crippen LogP contribution in [0.1, 0.15) is 28.4 Å². The lowest BCUT2D eigenvalue weighted by Crippen LogP contribution is -2.36. The summed E-state index contributed by atoms with van der Waals surface area (Å²) in [5.41, 5.74) is 4.76. The molecular formula is C18H18N4O. The minimum absolute atomic E-state index is 0.0485. The van der Waals surface area contributed by atoms with Gasteiger partial charge >= 0.3 is 0 Å². The van der Waals surface area contributed by atoms with Gasteiger partial charge in [-0.05, 0) is 36.2 Å². The smallest absolute Gasteiger partial charge is 0.251 e. The van der Waals surface area contributed by atoms with E-state index >= 15 is 0 Å². The number of fused-ring (bicyclic) bond motifs is 2. The molecule has 0 saturated carbocycles. The Bertz CT molecular complexity index is 870. The molecule has 1 amide bonds. The molecule has 0 bridgehead atoms. The molecule has 4 rings (SSSR count). The van der Waals surface area contributed by atoms with Crippen LogP contribution in [-0.2, 0) is 0 Å². The van der Waals surface area contributed by atoms with Gasteiger partial charge in [0.05, 0.1) is 23.4 Å². The Morgan fingerprint density at radius 2 is 2.17 bits per heavy atom. The first kappa shape index (κ1) is 13.8. The van der Waals surface area contributed by atoms with E-state index in [-0.39, 0.29) is 11.9 Å². The van der Waals surface area contributed by atoms with Gasteiger partial charge in [0, 0.05) is 24.8 Å². The second-order valence-corrected chi connectivity index (χ2v) is 5.93. The first-order valence-electron chi connectivity index (χ1n) is 7.76. The van der Waals surface area contributed by atoms with Crippen molar-refractivity contribution in [3.63, 3.8) is 0 Å². The number of carbonyl (C=O) groups is 1. The van der Waals surface area contributed by atoms with Crippen LogP contribution in [0.2, 0.25) is 0 Å². The van der Waals surface area contributed by atoms with Gasteiger partial charge in [-0.3, -0.25) is 4.79 Å². The molecule has 1 aliphatic heterocycles. The topological polar surface area (TPSA) is 61.0 Å². The van der Waals surface area contributed by atoms with Gasteiger partial charge in [-0.15, -0.1) is 0 Å². The number of hydrogen-bond donors (Lipinski definition) is 2. The Labute approximate surface area is 134 Å². The summed E-state index contributed by atoms with van der Waals surface area (Å²) in [4.78, 5) is 22.1. The number of anilines is 1. The molecule has 1 aliphatic rings. The van der Waals surface area contributed by atoms with Crippen LogP contribution in [0, 0.1) is 0 Å². The van der Waals surface area contributed by atoms with Crippen molar-refractivity contribution >= 4 is 22.6 Å². The Balaban J connectivity index is 1.60. The van der Waals surface area contributed by atoms with E-state index in [0.717, 1.165) is 24.0 Å². The van der Waals surface area contributed by atoms with Crippen LogP contribution < -0.4 is 10.2 Å². The lowest BCUT2D eigenvalue weighted by Gasteiger charge is -2.33. The SMILES string of the molecule is CN1CCC(NC(=O)c2ccc3nc[nH]c3c2)c2ccccc21. The molecular weight excluding hydrogens is 288 g/mol. The third-order valence-electron chi connectivity index (χ3n) is 4.46. The number of benzene rings is 2. The van der Waals surface area contributed by atoms with Crippen molar-refractivity contribution in [2.75, 3.05) is 18.5 Å². The molecule has 116 valence electrons. The number of para-hydroxylation sites is 1. The number of nitrogens with zero attached hydrogens (tertiary/aromatic N) is 2. The van der Waals surface area contributed by atoms with Gasteiger partial charge in [-0.1, -0.05) is 18.2 Å². The monoisotopic (exact) mass is 306 g/mol. The molecule has 5 nitrogen and oxygen atoms in total. The van der Waals surface area contributed by atoms with Crippen molar-refractivity contribution in [3.8, 4) is 0 Å². The highest BCUT2D eigenvalue weighted by Gasteiger charge is 2.24. The molecule has 0 saturated heterocycles. The molecule has 5 heteroatoms. The summed E-state index contributed by atoms with van der Waals surface area (Å²) < 4.78 is 0. The molecule has 2 heterocycles. The molecule has 2 N–H and O–H groups in total. The number of carbonyl (C=O) groups excluding carboxylic acids is 1. The fourth-order valence-corrected chi connectivity index (χ4v) is 3.20. The van der Waals surface area contributed by atoms with Gasteiger partial charge in [0.1, 0.15) is 0 Å². The third-order valence-corrected chi connectivity index (χ3v) is 4.46. The Morgan fingerprint density at radius 1 is 1.30 bits per heavy atom. The summed E-state index contributed by atoms with van der Waals surface area (Å²) in [5, 5.41) is 3.17. The first-order chi connectivity index (χ1) is 11.2. The van der Waals surface area contributed by atoms with Gasteiger partial charge in [0.25, 0.3) is 5.91 Å². The summed E-state index contributed by atoms with van der Waals surface area (Å²) in [7, 11) is 2.09. The van der Waals surface area contributed by atoms with E-state index in [1.807, 2.05) is 30.3 Å². The number of aromatic amines is 1. The maximum absolute atomic E-state index is 12.6. The van der Waals surface area contributed by atoms with E-state index in [2.05, 4.69) is 39.4 Å². The average molecular weight is 306 g/mol. The van der Waals surface area contributed by atoms with Crippen molar-refractivity contribution < 1.29 is 4.79 Å². The third kappa shape index (κ3) is 2.44. The van der Waals surface area contributed by atoms with E-state index in [0.29, 0.717) is 5.56 Å². The highest BCUT2D eigenvalue weighted by molar-refractivity contribution is 5.97. The van der Waals surface area contributed by atoms with Crippen molar-refractivity contribution in [3.05, 3.63) is 59.9 Å². The Morgan fingerprint density at radius 3 is 3.09 bits per heavy atom. The highest BCUT2D eigenvalue weighted by atomic mass is 16.1. The molecule has 23 heavy (non-hydrogen) atoms. The minimum atomic E-state index is -0.0501. The summed E-state index contributed by atoms with van der Waals surface area (Å²) >= 11 is 0. The molecule has 0 fully saturated rings. The van der Waals surface area contributed by atoms with E-state index in [1.54, 1.807) is 6.33 Å². The van der Waals surface area contributed by atoms with Gasteiger partial charge in [0.2, 0.25) is 0 Å². The normalized spacial score (nSPS) is 17.1. The fourth-order valence-electron chi connectivity index (χ4n) is 3.20. The summed E-state index contributed by atoms with van der Waals surface area (Å²) in [6, 6.07) is 13.8. The van der Waals surface area contributed by atoms with Crippen molar-refractivity contribution in [1.82, 2.24) is 15.3 Å². The van der Waals surface area contributed by atoms with Crippen LogP contribution in [0.5, 0.6) is 0 Å². The average Bonchev–Trinajstić information content (AvgIpc) is 3.05. The molecule has 1 aromatic heterocycles. The maximum atomic E-state index is 12.6. The number of nitrogens with one attached hydrogen (secondary N) is 2. The zero-order valence-corrected chi connectivity index (χ0v) is 12.9. The molecule has 3 aromatic rings. The molecule has 1 unspecified atom stereocenters. The van der Waals surface area contributed by atoms with Crippen LogP contribution in [0.4, 0.5) is 5.69 Å². The van der Waals surface area contributed by atoms with Crippen LogP contribution in [0.15, 0.2) is 48.8 Å².